The Kier molecular flexibility index (Phi) is 5.40. The number of amides is 2. The fourth-order valence-electron chi connectivity index (χ4n) is 1.94. The number of carboxylic acids is 1. The Balaban J connectivity index is 2.38. The second-order valence-corrected chi connectivity index (χ2v) is 4.91. The minimum absolute atomic E-state index is 0.0114. The van der Waals surface area contributed by atoms with Crippen LogP contribution in [0.5, 0.6) is 0 Å². The fraction of sp³-hybridized carbons (Fsp3) is 0.833. The van der Waals surface area contributed by atoms with Gasteiger partial charge in [-0.1, -0.05) is 0 Å². The first-order valence-corrected chi connectivity index (χ1v) is 6.25. The number of hydrogen-bond acceptors (Lipinski definition) is 3. The number of hydrogen-bond donors (Lipinski definition) is 2. The fourth-order valence-corrected chi connectivity index (χ4v) is 1.94. The molecule has 0 heterocycles. The molecule has 0 aromatic carbocycles. The summed E-state index contributed by atoms with van der Waals surface area (Å²) in [6, 6.07) is -0.0537. The van der Waals surface area contributed by atoms with Crippen LogP contribution in [0.25, 0.3) is 0 Å². The largest absolute Gasteiger partial charge is 0.481 e. The molecular weight excluding hydrogens is 236 g/mol. The number of carboxylic acid groups (broad SMARTS) is 1. The van der Waals surface area contributed by atoms with E-state index in [4.69, 9.17) is 9.84 Å². The zero-order valence-corrected chi connectivity index (χ0v) is 11.2. The summed E-state index contributed by atoms with van der Waals surface area (Å²) in [7, 11) is 1.66. The maximum atomic E-state index is 12.0. The van der Waals surface area contributed by atoms with Gasteiger partial charge in [0.15, 0.2) is 0 Å². The maximum Gasteiger partial charge on any atom is 0.317 e. The molecule has 0 aromatic heterocycles. The molecule has 1 aliphatic rings. The van der Waals surface area contributed by atoms with E-state index >= 15 is 0 Å². The van der Waals surface area contributed by atoms with E-state index < -0.39 is 5.97 Å². The van der Waals surface area contributed by atoms with Crippen molar-refractivity contribution in [2.75, 3.05) is 13.7 Å². The number of ether oxygens (including phenoxy) is 1. The maximum absolute atomic E-state index is 12.0. The van der Waals surface area contributed by atoms with Gasteiger partial charge in [0.05, 0.1) is 12.5 Å². The van der Waals surface area contributed by atoms with E-state index in [-0.39, 0.29) is 37.2 Å². The predicted octanol–water partition coefficient (Wildman–Crippen LogP) is 1.06. The van der Waals surface area contributed by atoms with Crippen molar-refractivity contribution in [2.24, 2.45) is 0 Å². The summed E-state index contributed by atoms with van der Waals surface area (Å²) in [6.45, 7) is 3.99. The standard InChI is InChI=1S/C12H22N2O4/c1-8(2)14(5-4-11(15)16)12(17)13-9-6-10(7-9)18-3/h8-10H,4-7H2,1-3H3,(H,13,17)(H,15,16). The van der Waals surface area contributed by atoms with Crippen molar-refractivity contribution in [1.82, 2.24) is 10.2 Å². The topological polar surface area (TPSA) is 78.9 Å². The average Bonchev–Trinajstić information content (AvgIpc) is 2.21. The molecule has 18 heavy (non-hydrogen) atoms. The summed E-state index contributed by atoms with van der Waals surface area (Å²) in [6.07, 6.45) is 1.86. The molecule has 0 spiro atoms. The molecule has 1 fully saturated rings. The molecule has 0 bridgehead atoms. The van der Waals surface area contributed by atoms with Crippen LogP contribution in [0.15, 0.2) is 0 Å². The van der Waals surface area contributed by atoms with E-state index in [9.17, 15) is 9.59 Å². The Hall–Kier alpha value is -1.30. The molecule has 2 N–H and O–H groups in total. The van der Waals surface area contributed by atoms with Crippen molar-refractivity contribution >= 4 is 12.0 Å². The lowest BCUT2D eigenvalue weighted by Crippen LogP contribution is -2.53. The normalized spacial score (nSPS) is 22.4. The molecule has 0 aromatic rings. The molecular formula is C12H22N2O4. The van der Waals surface area contributed by atoms with Gasteiger partial charge in [0.25, 0.3) is 0 Å². The molecule has 6 nitrogen and oxygen atoms in total. The minimum atomic E-state index is -0.892. The molecule has 6 heteroatoms. The molecule has 0 atom stereocenters. The second kappa shape index (κ2) is 6.58. The monoisotopic (exact) mass is 258 g/mol. The molecule has 0 saturated heterocycles. The smallest absolute Gasteiger partial charge is 0.317 e. The van der Waals surface area contributed by atoms with Gasteiger partial charge >= 0.3 is 12.0 Å². The predicted molar refractivity (Wildman–Crippen MR) is 66.4 cm³/mol. The van der Waals surface area contributed by atoms with Gasteiger partial charge in [0.2, 0.25) is 0 Å². The van der Waals surface area contributed by atoms with E-state index in [1.54, 1.807) is 12.0 Å². The van der Waals surface area contributed by atoms with E-state index in [1.807, 2.05) is 13.8 Å². The third-order valence-corrected chi connectivity index (χ3v) is 3.21. The third-order valence-electron chi connectivity index (χ3n) is 3.21. The quantitative estimate of drug-likeness (QED) is 0.746. The first-order valence-electron chi connectivity index (χ1n) is 6.25. The lowest BCUT2D eigenvalue weighted by Gasteiger charge is -2.37. The van der Waals surface area contributed by atoms with Crippen molar-refractivity contribution in [3.63, 3.8) is 0 Å². The zero-order valence-electron chi connectivity index (χ0n) is 11.2. The third kappa shape index (κ3) is 4.18. The van der Waals surface area contributed by atoms with Crippen molar-refractivity contribution < 1.29 is 19.4 Å². The Labute approximate surface area is 107 Å². The van der Waals surface area contributed by atoms with Crippen molar-refractivity contribution in [1.29, 1.82) is 0 Å². The molecule has 0 radical (unpaired) electrons. The Morgan fingerprint density at radius 2 is 2.06 bits per heavy atom. The molecule has 0 aliphatic heterocycles. The van der Waals surface area contributed by atoms with Crippen molar-refractivity contribution in [3.05, 3.63) is 0 Å². The number of nitrogens with zero attached hydrogens (tertiary/aromatic N) is 1. The number of carbonyl (C=O) groups is 2. The lowest BCUT2D eigenvalue weighted by molar-refractivity contribution is -0.137. The van der Waals surface area contributed by atoms with Crippen LogP contribution >= 0.6 is 0 Å². The average molecular weight is 258 g/mol. The van der Waals surface area contributed by atoms with Gasteiger partial charge in [-0.2, -0.15) is 0 Å². The Morgan fingerprint density at radius 1 is 1.44 bits per heavy atom. The van der Waals surface area contributed by atoms with Gasteiger partial charge in [-0.25, -0.2) is 4.79 Å². The highest BCUT2D eigenvalue weighted by Gasteiger charge is 2.31. The number of carbonyl (C=O) groups excluding carboxylic acids is 1. The molecule has 1 saturated carbocycles. The lowest BCUT2D eigenvalue weighted by atomic mass is 9.89. The SMILES string of the molecule is COC1CC(NC(=O)N(CCC(=O)O)C(C)C)C1. The van der Waals surface area contributed by atoms with Gasteiger partial charge in [-0.3, -0.25) is 4.79 Å². The van der Waals surface area contributed by atoms with Crippen LogP contribution < -0.4 is 5.32 Å². The summed E-state index contributed by atoms with van der Waals surface area (Å²) in [4.78, 5) is 24.1. The number of methoxy groups -OCH3 is 1. The van der Waals surface area contributed by atoms with Crippen molar-refractivity contribution in [2.45, 2.75) is 51.3 Å². The Bertz CT molecular complexity index is 300. The van der Waals surface area contributed by atoms with Crippen LogP contribution in [0, 0.1) is 0 Å². The van der Waals surface area contributed by atoms with E-state index in [1.165, 1.54) is 0 Å². The second-order valence-electron chi connectivity index (χ2n) is 4.91. The van der Waals surface area contributed by atoms with E-state index in [2.05, 4.69) is 5.32 Å². The van der Waals surface area contributed by atoms with Crippen LogP contribution in [0.3, 0.4) is 0 Å². The van der Waals surface area contributed by atoms with Crippen molar-refractivity contribution in [3.8, 4) is 0 Å². The highest BCUT2D eigenvalue weighted by Crippen LogP contribution is 2.22. The van der Waals surface area contributed by atoms with Gasteiger partial charge in [-0.05, 0) is 26.7 Å². The first-order chi connectivity index (χ1) is 8.43. The van der Waals surface area contributed by atoms with Gasteiger partial charge in [0.1, 0.15) is 0 Å². The molecule has 0 unspecified atom stereocenters. The zero-order chi connectivity index (χ0) is 13.7. The van der Waals surface area contributed by atoms with Crippen LogP contribution in [-0.2, 0) is 9.53 Å². The summed E-state index contributed by atoms with van der Waals surface area (Å²) < 4.78 is 5.14. The van der Waals surface area contributed by atoms with Gasteiger partial charge in [-0.15, -0.1) is 0 Å². The molecule has 1 aliphatic carbocycles. The molecule has 1 rings (SSSR count). The summed E-state index contributed by atoms with van der Waals surface area (Å²) in [5, 5.41) is 11.6. The highest BCUT2D eigenvalue weighted by molar-refractivity contribution is 5.76. The van der Waals surface area contributed by atoms with E-state index in [0.29, 0.717) is 0 Å². The van der Waals surface area contributed by atoms with Crippen LogP contribution in [0.4, 0.5) is 4.79 Å². The number of urea groups is 1. The van der Waals surface area contributed by atoms with Crippen LogP contribution in [0.2, 0.25) is 0 Å². The number of nitrogens with one attached hydrogen (secondary N) is 1. The number of rotatable bonds is 6. The highest BCUT2D eigenvalue weighted by atomic mass is 16.5. The molecule has 104 valence electrons. The minimum Gasteiger partial charge on any atom is -0.481 e. The summed E-state index contributed by atoms with van der Waals surface area (Å²) in [5.41, 5.74) is 0. The van der Waals surface area contributed by atoms with Gasteiger partial charge in [0, 0.05) is 25.7 Å². The van der Waals surface area contributed by atoms with Crippen LogP contribution in [0.1, 0.15) is 33.1 Å². The van der Waals surface area contributed by atoms with E-state index in [0.717, 1.165) is 12.8 Å². The first kappa shape index (κ1) is 14.8. The van der Waals surface area contributed by atoms with Crippen LogP contribution in [-0.4, -0.2) is 53.8 Å². The molecule has 2 amide bonds. The number of aliphatic carboxylic acids is 1. The summed E-state index contributed by atoms with van der Waals surface area (Å²) in [5.74, 6) is -0.892. The summed E-state index contributed by atoms with van der Waals surface area (Å²) >= 11 is 0. The van der Waals surface area contributed by atoms with Gasteiger partial charge < -0.3 is 20.1 Å². The Morgan fingerprint density at radius 3 is 2.50 bits per heavy atom.